The number of aryl methyl sites for hydroxylation is 1. The summed E-state index contributed by atoms with van der Waals surface area (Å²) in [6.07, 6.45) is 3.65. The van der Waals surface area contributed by atoms with E-state index in [0.29, 0.717) is 23.8 Å². The molecule has 2 heterocycles. The summed E-state index contributed by atoms with van der Waals surface area (Å²) in [7, 11) is 1.58. The van der Waals surface area contributed by atoms with Gasteiger partial charge in [-0.15, -0.1) is 10.2 Å². The van der Waals surface area contributed by atoms with Crippen LogP contribution in [0.25, 0.3) is 0 Å². The lowest BCUT2D eigenvalue weighted by atomic mass is 10.1. The van der Waals surface area contributed by atoms with Gasteiger partial charge in [-0.1, -0.05) is 18.6 Å². The number of hydrogen-bond acceptors (Lipinski definition) is 5. The Balaban J connectivity index is 1.81. The molecule has 0 spiro atoms. The van der Waals surface area contributed by atoms with Gasteiger partial charge in [0.05, 0.1) is 19.5 Å². The van der Waals surface area contributed by atoms with Gasteiger partial charge in [-0.3, -0.25) is 14.8 Å². The summed E-state index contributed by atoms with van der Waals surface area (Å²) >= 11 is 0. The first-order chi connectivity index (χ1) is 11.7. The maximum Gasteiger partial charge on any atom is 0.295 e. The number of azo groups is 1. The van der Waals surface area contributed by atoms with Crippen molar-refractivity contribution in [3.05, 3.63) is 40.3 Å². The van der Waals surface area contributed by atoms with E-state index in [-0.39, 0.29) is 5.56 Å². The highest BCUT2D eigenvalue weighted by Crippen LogP contribution is 2.28. The predicted octanol–water partition coefficient (Wildman–Crippen LogP) is 3.35. The standard InChI is InChI=1S/C17H23N5O2/c1-13-16(19-18-14-8-4-5-9-15(14)24-2)17(23)22(20-13)12-21-10-6-3-7-11-21/h4-5,8-9,20H,3,6-7,10-12H2,1-2H3. The zero-order valence-electron chi connectivity index (χ0n) is 14.2. The van der Waals surface area contributed by atoms with Crippen LogP contribution in [0.1, 0.15) is 25.0 Å². The van der Waals surface area contributed by atoms with E-state index >= 15 is 0 Å². The summed E-state index contributed by atoms with van der Waals surface area (Å²) in [6.45, 7) is 4.47. The second kappa shape index (κ2) is 7.44. The minimum Gasteiger partial charge on any atom is -0.494 e. The second-order valence-electron chi connectivity index (χ2n) is 6.01. The maximum atomic E-state index is 12.6. The van der Waals surface area contributed by atoms with Crippen molar-refractivity contribution in [3.63, 3.8) is 0 Å². The van der Waals surface area contributed by atoms with Crippen LogP contribution in [0.4, 0.5) is 11.4 Å². The van der Waals surface area contributed by atoms with E-state index in [4.69, 9.17) is 4.74 Å². The number of methoxy groups -OCH3 is 1. The minimum absolute atomic E-state index is 0.142. The van der Waals surface area contributed by atoms with Gasteiger partial charge in [-0.2, -0.15) is 0 Å². The van der Waals surface area contributed by atoms with Crippen molar-refractivity contribution in [3.8, 4) is 5.75 Å². The van der Waals surface area contributed by atoms with E-state index in [1.54, 1.807) is 17.9 Å². The number of para-hydroxylation sites is 1. The molecule has 2 aromatic rings. The van der Waals surface area contributed by atoms with Gasteiger partial charge >= 0.3 is 0 Å². The molecule has 0 radical (unpaired) electrons. The fourth-order valence-electron chi connectivity index (χ4n) is 2.93. The highest BCUT2D eigenvalue weighted by molar-refractivity contribution is 5.51. The predicted molar refractivity (Wildman–Crippen MR) is 92.4 cm³/mol. The molecular formula is C17H23N5O2. The lowest BCUT2D eigenvalue weighted by molar-refractivity contribution is 0.171. The van der Waals surface area contributed by atoms with Crippen LogP contribution in [0.2, 0.25) is 0 Å². The van der Waals surface area contributed by atoms with Crippen molar-refractivity contribution < 1.29 is 4.74 Å². The Morgan fingerprint density at radius 3 is 2.67 bits per heavy atom. The molecule has 24 heavy (non-hydrogen) atoms. The number of nitrogens with zero attached hydrogens (tertiary/aromatic N) is 4. The van der Waals surface area contributed by atoms with E-state index in [2.05, 4.69) is 20.2 Å². The summed E-state index contributed by atoms with van der Waals surface area (Å²) in [5.74, 6) is 0.628. The average Bonchev–Trinajstić information content (AvgIpc) is 2.87. The third-order valence-electron chi connectivity index (χ3n) is 4.24. The molecule has 7 heteroatoms. The van der Waals surface area contributed by atoms with Crippen LogP contribution < -0.4 is 10.3 Å². The van der Waals surface area contributed by atoms with Crippen LogP contribution in [0, 0.1) is 6.92 Å². The quantitative estimate of drug-likeness (QED) is 0.855. The Morgan fingerprint density at radius 2 is 1.92 bits per heavy atom. The number of benzene rings is 1. The van der Waals surface area contributed by atoms with Crippen LogP contribution in [0.15, 0.2) is 39.3 Å². The molecule has 128 valence electrons. The Bertz CT molecular complexity index is 772. The van der Waals surface area contributed by atoms with Crippen molar-refractivity contribution in [2.75, 3.05) is 20.2 Å². The number of piperidine rings is 1. The Hall–Kier alpha value is -2.41. The van der Waals surface area contributed by atoms with E-state index in [1.807, 2.05) is 25.1 Å². The van der Waals surface area contributed by atoms with E-state index in [0.717, 1.165) is 18.8 Å². The molecule has 1 saturated heterocycles. The van der Waals surface area contributed by atoms with Gasteiger partial charge in [0.1, 0.15) is 11.4 Å². The first-order valence-corrected chi connectivity index (χ1v) is 8.25. The number of likely N-dealkylation sites (tertiary alicyclic amines) is 1. The van der Waals surface area contributed by atoms with Crippen molar-refractivity contribution >= 4 is 11.4 Å². The van der Waals surface area contributed by atoms with Gasteiger partial charge in [-0.05, 0) is 45.0 Å². The van der Waals surface area contributed by atoms with Gasteiger partial charge in [-0.25, -0.2) is 4.68 Å². The Kier molecular flexibility index (Phi) is 5.10. The fraction of sp³-hybridized carbons (Fsp3) is 0.471. The number of hydrogen-bond donors (Lipinski definition) is 1. The summed E-state index contributed by atoms with van der Waals surface area (Å²) in [6, 6.07) is 7.34. The summed E-state index contributed by atoms with van der Waals surface area (Å²) in [5.41, 5.74) is 1.52. The topological polar surface area (TPSA) is 75.0 Å². The normalized spacial score (nSPS) is 15.9. The number of nitrogens with one attached hydrogen (secondary N) is 1. The van der Waals surface area contributed by atoms with Gasteiger partial charge in [0.2, 0.25) is 0 Å². The Morgan fingerprint density at radius 1 is 1.17 bits per heavy atom. The highest BCUT2D eigenvalue weighted by atomic mass is 16.5. The molecule has 1 aromatic carbocycles. The van der Waals surface area contributed by atoms with Gasteiger partial charge in [0.15, 0.2) is 5.69 Å². The maximum absolute atomic E-state index is 12.6. The summed E-state index contributed by atoms with van der Waals surface area (Å²) in [4.78, 5) is 14.8. The number of H-pyrrole nitrogens is 1. The molecule has 1 N–H and O–H groups in total. The first kappa shape index (κ1) is 16.4. The van der Waals surface area contributed by atoms with Crippen LogP contribution in [-0.4, -0.2) is 34.9 Å². The zero-order valence-corrected chi connectivity index (χ0v) is 14.2. The molecule has 1 fully saturated rings. The fourth-order valence-corrected chi connectivity index (χ4v) is 2.93. The SMILES string of the molecule is COc1ccccc1N=Nc1c(C)[nH]n(CN2CCCCC2)c1=O. The molecule has 1 aromatic heterocycles. The van der Waals surface area contributed by atoms with Crippen LogP contribution in [0.3, 0.4) is 0 Å². The van der Waals surface area contributed by atoms with E-state index in [1.165, 1.54) is 19.3 Å². The average molecular weight is 329 g/mol. The van der Waals surface area contributed by atoms with E-state index in [9.17, 15) is 4.79 Å². The van der Waals surface area contributed by atoms with Crippen molar-refractivity contribution in [1.29, 1.82) is 0 Å². The van der Waals surface area contributed by atoms with Gasteiger partial charge < -0.3 is 4.74 Å². The summed E-state index contributed by atoms with van der Waals surface area (Å²) < 4.78 is 6.86. The molecular weight excluding hydrogens is 306 g/mol. The smallest absolute Gasteiger partial charge is 0.295 e. The second-order valence-corrected chi connectivity index (χ2v) is 6.01. The van der Waals surface area contributed by atoms with E-state index < -0.39 is 0 Å². The molecule has 0 atom stereocenters. The lowest BCUT2D eigenvalue weighted by Crippen LogP contribution is -2.35. The molecule has 0 aliphatic carbocycles. The molecule has 1 aliphatic heterocycles. The molecule has 0 bridgehead atoms. The molecule has 0 unspecified atom stereocenters. The van der Waals surface area contributed by atoms with Crippen LogP contribution in [0.5, 0.6) is 5.75 Å². The number of aromatic nitrogens is 2. The number of aromatic amines is 1. The third kappa shape index (κ3) is 3.56. The molecule has 1 aliphatic rings. The third-order valence-corrected chi connectivity index (χ3v) is 4.24. The number of ether oxygens (including phenoxy) is 1. The van der Waals surface area contributed by atoms with Crippen molar-refractivity contribution in [1.82, 2.24) is 14.7 Å². The minimum atomic E-state index is -0.142. The van der Waals surface area contributed by atoms with Crippen LogP contribution in [-0.2, 0) is 6.67 Å². The number of rotatable bonds is 5. The molecule has 3 rings (SSSR count). The zero-order chi connectivity index (χ0) is 16.9. The van der Waals surface area contributed by atoms with Gasteiger partial charge in [0.25, 0.3) is 5.56 Å². The highest BCUT2D eigenvalue weighted by Gasteiger charge is 2.15. The largest absolute Gasteiger partial charge is 0.494 e. The van der Waals surface area contributed by atoms with Crippen molar-refractivity contribution in [2.45, 2.75) is 32.9 Å². The van der Waals surface area contributed by atoms with Crippen LogP contribution >= 0.6 is 0 Å². The molecule has 0 amide bonds. The lowest BCUT2D eigenvalue weighted by Gasteiger charge is -2.25. The van der Waals surface area contributed by atoms with Gasteiger partial charge in [0, 0.05) is 0 Å². The monoisotopic (exact) mass is 329 g/mol. The van der Waals surface area contributed by atoms with Crippen molar-refractivity contribution in [2.24, 2.45) is 10.2 Å². The summed E-state index contributed by atoms with van der Waals surface area (Å²) in [5, 5.41) is 11.4. The molecule has 7 nitrogen and oxygen atoms in total. The molecule has 0 saturated carbocycles. The first-order valence-electron chi connectivity index (χ1n) is 8.25. The Labute approximate surface area is 140 Å².